The highest BCUT2D eigenvalue weighted by Crippen LogP contribution is 2.03. The highest BCUT2D eigenvalue weighted by molar-refractivity contribution is 6.00. The van der Waals surface area contributed by atoms with Crippen LogP contribution in [-0.2, 0) is 14.3 Å². The first-order valence-electron chi connectivity index (χ1n) is 5.89. The zero-order chi connectivity index (χ0) is 11.8. The molecule has 92 valence electrons. The molecule has 2 N–H and O–H groups in total. The molecule has 1 aliphatic heterocycles. The van der Waals surface area contributed by atoms with Crippen LogP contribution in [0.15, 0.2) is 0 Å². The highest BCUT2D eigenvalue weighted by atomic mass is 16.5. The first-order valence-corrected chi connectivity index (χ1v) is 5.89. The number of piperidine rings is 1. The fourth-order valence-corrected chi connectivity index (χ4v) is 1.54. The van der Waals surface area contributed by atoms with E-state index in [2.05, 4.69) is 17.6 Å². The fraction of sp³-hybridized carbons (Fsp3) is 0.818. The van der Waals surface area contributed by atoms with Gasteiger partial charge in [-0.05, 0) is 12.8 Å². The number of carbonyl (C=O) groups is 2. The first kappa shape index (κ1) is 13.1. The van der Waals surface area contributed by atoms with E-state index in [4.69, 9.17) is 4.74 Å². The van der Waals surface area contributed by atoms with Gasteiger partial charge in [-0.3, -0.25) is 14.9 Å². The van der Waals surface area contributed by atoms with E-state index in [9.17, 15) is 9.59 Å². The zero-order valence-corrected chi connectivity index (χ0v) is 9.75. The van der Waals surface area contributed by atoms with Crippen LogP contribution in [0.4, 0.5) is 0 Å². The van der Waals surface area contributed by atoms with Gasteiger partial charge < -0.3 is 10.1 Å². The molecule has 1 fully saturated rings. The first-order chi connectivity index (χ1) is 7.74. The van der Waals surface area contributed by atoms with Gasteiger partial charge in [0.05, 0.1) is 12.6 Å². The van der Waals surface area contributed by atoms with E-state index in [0.29, 0.717) is 26.0 Å². The van der Waals surface area contributed by atoms with Gasteiger partial charge in [0.1, 0.15) is 0 Å². The Morgan fingerprint density at radius 3 is 2.94 bits per heavy atom. The molecule has 5 nitrogen and oxygen atoms in total. The van der Waals surface area contributed by atoms with Crippen molar-refractivity contribution in [1.82, 2.24) is 10.6 Å². The Labute approximate surface area is 95.9 Å². The minimum absolute atomic E-state index is 0.178. The normalized spacial score (nSPS) is 20.9. The van der Waals surface area contributed by atoms with Crippen molar-refractivity contribution in [3.05, 3.63) is 0 Å². The predicted molar refractivity (Wildman–Crippen MR) is 59.9 cm³/mol. The third-order valence-electron chi connectivity index (χ3n) is 2.52. The van der Waals surface area contributed by atoms with Gasteiger partial charge in [-0.1, -0.05) is 13.3 Å². The van der Waals surface area contributed by atoms with Crippen molar-refractivity contribution >= 4 is 11.8 Å². The molecule has 0 radical (unpaired) electrons. The number of unbranched alkanes of at least 4 members (excludes halogenated alkanes) is 1. The maximum Gasteiger partial charge on any atom is 0.243 e. The molecule has 1 unspecified atom stereocenters. The average molecular weight is 228 g/mol. The second-order valence-electron chi connectivity index (χ2n) is 3.92. The molecule has 2 amide bonds. The maximum absolute atomic E-state index is 11.3. The van der Waals surface area contributed by atoms with Crippen LogP contribution in [-0.4, -0.2) is 37.6 Å². The molecule has 0 aliphatic carbocycles. The van der Waals surface area contributed by atoms with Crippen LogP contribution in [0.3, 0.4) is 0 Å². The van der Waals surface area contributed by atoms with Crippen LogP contribution < -0.4 is 10.6 Å². The van der Waals surface area contributed by atoms with E-state index in [-0.39, 0.29) is 17.9 Å². The van der Waals surface area contributed by atoms with Gasteiger partial charge in [-0.15, -0.1) is 0 Å². The van der Waals surface area contributed by atoms with Crippen molar-refractivity contribution < 1.29 is 14.3 Å². The Morgan fingerprint density at radius 2 is 2.25 bits per heavy atom. The van der Waals surface area contributed by atoms with Crippen molar-refractivity contribution in [3.63, 3.8) is 0 Å². The molecule has 0 bridgehead atoms. The van der Waals surface area contributed by atoms with E-state index in [1.165, 1.54) is 0 Å². The van der Waals surface area contributed by atoms with Crippen LogP contribution in [0, 0.1) is 0 Å². The summed E-state index contributed by atoms with van der Waals surface area (Å²) in [5.74, 6) is -0.396. The minimum Gasteiger partial charge on any atom is -0.380 e. The Hall–Kier alpha value is -0.940. The summed E-state index contributed by atoms with van der Waals surface area (Å²) in [6, 6.07) is -0.243. The maximum atomic E-state index is 11.3. The summed E-state index contributed by atoms with van der Waals surface area (Å²) in [4.78, 5) is 22.2. The number of ether oxygens (including phenoxy) is 1. The summed E-state index contributed by atoms with van der Waals surface area (Å²) in [7, 11) is 0. The molecule has 1 atom stereocenters. The molecule has 1 rings (SSSR count). The molecule has 5 heteroatoms. The summed E-state index contributed by atoms with van der Waals surface area (Å²) in [6.45, 7) is 4.15. The quantitative estimate of drug-likeness (QED) is 0.482. The summed E-state index contributed by atoms with van der Waals surface area (Å²) in [5, 5.41) is 5.39. The second-order valence-corrected chi connectivity index (χ2v) is 3.92. The molecule has 1 heterocycles. The van der Waals surface area contributed by atoms with E-state index < -0.39 is 0 Å². The number of imide groups is 1. The summed E-state index contributed by atoms with van der Waals surface area (Å²) in [6.07, 6.45) is 3.19. The molecular weight excluding hydrogens is 208 g/mol. The van der Waals surface area contributed by atoms with Crippen LogP contribution in [0.5, 0.6) is 0 Å². The molecule has 1 saturated heterocycles. The second kappa shape index (κ2) is 7.35. The lowest BCUT2D eigenvalue weighted by Gasteiger charge is -2.21. The molecule has 0 spiro atoms. The standard InChI is InChI=1S/C11H20N2O3/c1-2-3-7-16-8-6-12-9-4-5-10(14)13-11(9)15/h9,12H,2-8H2,1H3,(H,13,14,15). The molecule has 0 aromatic rings. The summed E-state index contributed by atoms with van der Waals surface area (Å²) < 4.78 is 5.36. The number of carbonyl (C=O) groups excluding carboxylic acids is 2. The van der Waals surface area contributed by atoms with Crippen molar-refractivity contribution in [2.75, 3.05) is 19.8 Å². The fourth-order valence-electron chi connectivity index (χ4n) is 1.54. The molecule has 1 aliphatic rings. The largest absolute Gasteiger partial charge is 0.380 e. The van der Waals surface area contributed by atoms with Gasteiger partial charge in [-0.2, -0.15) is 0 Å². The lowest BCUT2D eigenvalue weighted by Crippen LogP contribution is -2.51. The van der Waals surface area contributed by atoms with Crippen LogP contribution in [0.2, 0.25) is 0 Å². The molecule has 0 aromatic carbocycles. The number of hydrogen-bond acceptors (Lipinski definition) is 4. The Balaban J connectivity index is 2.04. The molecule has 0 aromatic heterocycles. The topological polar surface area (TPSA) is 67.4 Å². The van der Waals surface area contributed by atoms with E-state index in [1.54, 1.807) is 0 Å². The monoisotopic (exact) mass is 228 g/mol. The number of nitrogens with one attached hydrogen (secondary N) is 2. The van der Waals surface area contributed by atoms with E-state index in [1.807, 2.05) is 0 Å². The van der Waals surface area contributed by atoms with Gasteiger partial charge in [-0.25, -0.2) is 0 Å². The predicted octanol–water partition coefficient (Wildman–Crippen LogP) is 0.198. The van der Waals surface area contributed by atoms with E-state index >= 15 is 0 Å². The number of hydrogen-bond donors (Lipinski definition) is 2. The zero-order valence-electron chi connectivity index (χ0n) is 9.75. The molecule has 16 heavy (non-hydrogen) atoms. The lowest BCUT2D eigenvalue weighted by atomic mass is 10.1. The average Bonchev–Trinajstić information content (AvgIpc) is 2.26. The van der Waals surface area contributed by atoms with Gasteiger partial charge in [0.15, 0.2) is 0 Å². The summed E-state index contributed by atoms with van der Waals surface area (Å²) >= 11 is 0. The van der Waals surface area contributed by atoms with Crippen LogP contribution >= 0.6 is 0 Å². The minimum atomic E-state index is -0.243. The Morgan fingerprint density at radius 1 is 1.44 bits per heavy atom. The van der Waals surface area contributed by atoms with Crippen LogP contribution in [0.25, 0.3) is 0 Å². The van der Waals surface area contributed by atoms with Gasteiger partial charge in [0, 0.05) is 19.6 Å². The van der Waals surface area contributed by atoms with Crippen molar-refractivity contribution in [2.24, 2.45) is 0 Å². The Bertz CT molecular complexity index is 243. The van der Waals surface area contributed by atoms with Crippen molar-refractivity contribution in [1.29, 1.82) is 0 Å². The smallest absolute Gasteiger partial charge is 0.243 e. The van der Waals surface area contributed by atoms with Gasteiger partial charge in [0.2, 0.25) is 11.8 Å². The summed E-state index contributed by atoms with van der Waals surface area (Å²) in [5.41, 5.74) is 0. The third-order valence-corrected chi connectivity index (χ3v) is 2.52. The molecule has 0 saturated carbocycles. The van der Waals surface area contributed by atoms with Gasteiger partial charge in [0.25, 0.3) is 0 Å². The lowest BCUT2D eigenvalue weighted by molar-refractivity contribution is -0.134. The highest BCUT2D eigenvalue weighted by Gasteiger charge is 2.25. The van der Waals surface area contributed by atoms with Crippen molar-refractivity contribution in [3.8, 4) is 0 Å². The van der Waals surface area contributed by atoms with E-state index in [0.717, 1.165) is 19.4 Å². The van der Waals surface area contributed by atoms with Crippen molar-refractivity contribution in [2.45, 2.75) is 38.6 Å². The Kier molecular flexibility index (Phi) is 6.03. The third kappa shape index (κ3) is 4.72. The SMILES string of the molecule is CCCCOCCNC1CCC(=O)NC1=O. The van der Waals surface area contributed by atoms with Gasteiger partial charge >= 0.3 is 0 Å². The number of amides is 2. The molecular formula is C11H20N2O3. The number of rotatable bonds is 7. The van der Waals surface area contributed by atoms with Crippen LogP contribution in [0.1, 0.15) is 32.6 Å².